The van der Waals surface area contributed by atoms with Gasteiger partial charge in [0.15, 0.2) is 0 Å². The van der Waals surface area contributed by atoms with E-state index in [1.165, 1.54) is 5.56 Å². The van der Waals surface area contributed by atoms with Gasteiger partial charge in [-0.25, -0.2) is 0 Å². The molecule has 25 heavy (non-hydrogen) atoms. The number of rotatable bonds is 4. The molecule has 0 bridgehead atoms. The molecule has 0 N–H and O–H groups in total. The zero-order valence-electron chi connectivity index (χ0n) is 16.2. The Labute approximate surface area is 151 Å². The largest absolute Gasteiger partial charge is 0.340 e. The number of likely N-dealkylation sites (N-methyl/N-ethyl adjacent to an activating group) is 1. The second-order valence-corrected chi connectivity index (χ2v) is 7.90. The lowest BCUT2D eigenvalue weighted by molar-refractivity contribution is -0.132. The van der Waals surface area contributed by atoms with E-state index in [2.05, 4.69) is 44.9 Å². The number of hydrogen-bond donors (Lipinski definition) is 0. The second kappa shape index (κ2) is 8.00. The van der Waals surface area contributed by atoms with Gasteiger partial charge in [-0.15, -0.1) is 0 Å². The van der Waals surface area contributed by atoms with Gasteiger partial charge in [0.25, 0.3) is 0 Å². The summed E-state index contributed by atoms with van der Waals surface area (Å²) in [4.78, 5) is 30.3. The predicted molar refractivity (Wildman–Crippen MR) is 102 cm³/mol. The van der Waals surface area contributed by atoms with Crippen molar-refractivity contribution in [3.8, 4) is 0 Å². The maximum atomic E-state index is 12.4. The molecule has 1 aliphatic heterocycles. The predicted octanol–water partition coefficient (Wildman–Crippen LogP) is 2.50. The molecule has 1 saturated heterocycles. The smallest absolute Gasteiger partial charge is 0.224 e. The number of piperazine rings is 1. The van der Waals surface area contributed by atoms with Crippen molar-refractivity contribution in [2.45, 2.75) is 39.5 Å². The number of carbonyl (C=O) groups is 2. The van der Waals surface area contributed by atoms with Gasteiger partial charge in [-0.05, 0) is 30.2 Å². The van der Waals surface area contributed by atoms with Gasteiger partial charge >= 0.3 is 0 Å². The SMILES string of the molecule is CC(=O)N(CCC(=O)N1CCN(C)CC1)c1ccc(C(C)(C)C)cc1. The lowest BCUT2D eigenvalue weighted by Gasteiger charge is -2.33. The molecule has 1 aliphatic rings. The van der Waals surface area contributed by atoms with Gasteiger partial charge < -0.3 is 14.7 Å². The number of anilines is 1. The molecule has 138 valence electrons. The summed E-state index contributed by atoms with van der Waals surface area (Å²) in [6.07, 6.45) is 0.365. The Morgan fingerprint density at radius 1 is 1.04 bits per heavy atom. The van der Waals surface area contributed by atoms with Crippen LogP contribution in [0.15, 0.2) is 24.3 Å². The van der Waals surface area contributed by atoms with E-state index in [4.69, 9.17) is 0 Å². The van der Waals surface area contributed by atoms with Crippen LogP contribution in [0, 0.1) is 0 Å². The van der Waals surface area contributed by atoms with Crippen molar-refractivity contribution in [3.63, 3.8) is 0 Å². The molecule has 1 aromatic carbocycles. The van der Waals surface area contributed by atoms with Gasteiger partial charge in [-0.3, -0.25) is 9.59 Å². The minimum atomic E-state index is -0.0327. The molecular formula is C20H31N3O2. The molecule has 0 saturated carbocycles. The molecule has 2 amide bonds. The fourth-order valence-corrected chi connectivity index (χ4v) is 3.03. The summed E-state index contributed by atoms with van der Waals surface area (Å²) < 4.78 is 0. The number of carbonyl (C=O) groups excluding carboxylic acids is 2. The third-order valence-corrected chi connectivity index (χ3v) is 4.83. The Balaban J connectivity index is 1.99. The lowest BCUT2D eigenvalue weighted by atomic mass is 9.87. The Hall–Kier alpha value is -1.88. The molecule has 5 heteroatoms. The minimum Gasteiger partial charge on any atom is -0.340 e. The minimum absolute atomic E-state index is 0.0327. The van der Waals surface area contributed by atoms with E-state index >= 15 is 0 Å². The fraction of sp³-hybridized carbons (Fsp3) is 0.600. The number of nitrogens with zero attached hydrogens (tertiary/aromatic N) is 3. The van der Waals surface area contributed by atoms with Crippen LogP contribution in [-0.2, 0) is 15.0 Å². The Morgan fingerprint density at radius 2 is 1.60 bits per heavy atom. The van der Waals surface area contributed by atoms with E-state index in [1.807, 2.05) is 17.0 Å². The quantitative estimate of drug-likeness (QED) is 0.842. The van der Waals surface area contributed by atoms with Crippen molar-refractivity contribution >= 4 is 17.5 Å². The van der Waals surface area contributed by atoms with Crippen LogP contribution in [0.4, 0.5) is 5.69 Å². The van der Waals surface area contributed by atoms with Crippen LogP contribution in [0.25, 0.3) is 0 Å². The summed E-state index contributed by atoms with van der Waals surface area (Å²) in [5.74, 6) is 0.0975. The number of hydrogen-bond acceptors (Lipinski definition) is 3. The van der Waals surface area contributed by atoms with Crippen molar-refractivity contribution in [2.75, 3.05) is 44.7 Å². The van der Waals surface area contributed by atoms with E-state index in [0.717, 1.165) is 31.9 Å². The summed E-state index contributed by atoms with van der Waals surface area (Å²) in [6, 6.07) is 8.08. The van der Waals surface area contributed by atoms with Crippen LogP contribution in [-0.4, -0.2) is 61.4 Å². The van der Waals surface area contributed by atoms with Crippen LogP contribution < -0.4 is 4.90 Å². The summed E-state index contributed by atoms with van der Waals surface area (Å²) in [5.41, 5.74) is 2.16. The Morgan fingerprint density at radius 3 is 2.08 bits per heavy atom. The molecule has 1 heterocycles. The van der Waals surface area contributed by atoms with E-state index in [0.29, 0.717) is 13.0 Å². The van der Waals surface area contributed by atoms with E-state index in [9.17, 15) is 9.59 Å². The van der Waals surface area contributed by atoms with Gasteiger partial charge in [0.05, 0.1) is 0 Å². The molecule has 1 aromatic rings. The highest BCUT2D eigenvalue weighted by Crippen LogP contribution is 2.25. The van der Waals surface area contributed by atoms with Gasteiger partial charge in [0.2, 0.25) is 11.8 Å². The highest BCUT2D eigenvalue weighted by atomic mass is 16.2. The third kappa shape index (κ3) is 5.30. The molecule has 0 spiro atoms. The molecule has 0 atom stereocenters. The summed E-state index contributed by atoms with van der Waals surface area (Å²) in [6.45, 7) is 11.9. The Kier molecular flexibility index (Phi) is 6.22. The molecule has 2 rings (SSSR count). The first-order valence-electron chi connectivity index (χ1n) is 9.03. The summed E-state index contributed by atoms with van der Waals surface area (Å²) in [5, 5.41) is 0. The van der Waals surface area contributed by atoms with E-state index in [-0.39, 0.29) is 17.2 Å². The van der Waals surface area contributed by atoms with Gasteiger partial charge in [-0.2, -0.15) is 0 Å². The molecule has 0 aromatic heterocycles. The molecule has 0 aliphatic carbocycles. The van der Waals surface area contributed by atoms with Crippen molar-refractivity contribution in [2.24, 2.45) is 0 Å². The standard InChI is InChI=1S/C20H31N3O2/c1-16(24)23(18-8-6-17(7-9-18)20(2,3)4)11-10-19(25)22-14-12-21(5)13-15-22/h6-9H,10-15H2,1-5H3. The average molecular weight is 345 g/mol. The normalized spacial score (nSPS) is 16.0. The number of benzene rings is 1. The number of amides is 2. The molecule has 5 nitrogen and oxygen atoms in total. The highest BCUT2D eigenvalue weighted by molar-refractivity contribution is 5.92. The monoisotopic (exact) mass is 345 g/mol. The zero-order chi connectivity index (χ0) is 18.6. The van der Waals surface area contributed by atoms with Gasteiger partial charge in [0, 0.05) is 51.8 Å². The molecule has 0 radical (unpaired) electrons. The van der Waals surface area contributed by atoms with Crippen molar-refractivity contribution in [1.82, 2.24) is 9.80 Å². The fourth-order valence-electron chi connectivity index (χ4n) is 3.03. The van der Waals surface area contributed by atoms with Crippen molar-refractivity contribution in [3.05, 3.63) is 29.8 Å². The molecule has 1 fully saturated rings. The third-order valence-electron chi connectivity index (χ3n) is 4.83. The highest BCUT2D eigenvalue weighted by Gasteiger charge is 2.21. The molecular weight excluding hydrogens is 314 g/mol. The van der Waals surface area contributed by atoms with Gasteiger partial charge in [-0.1, -0.05) is 32.9 Å². The van der Waals surface area contributed by atoms with E-state index < -0.39 is 0 Å². The van der Waals surface area contributed by atoms with Crippen molar-refractivity contribution < 1.29 is 9.59 Å². The average Bonchev–Trinajstić information content (AvgIpc) is 2.55. The first-order chi connectivity index (χ1) is 11.7. The van der Waals surface area contributed by atoms with Crippen LogP contribution >= 0.6 is 0 Å². The Bertz CT molecular complexity index is 596. The first-order valence-corrected chi connectivity index (χ1v) is 9.03. The van der Waals surface area contributed by atoms with Crippen LogP contribution in [0.2, 0.25) is 0 Å². The zero-order valence-corrected chi connectivity index (χ0v) is 16.2. The van der Waals surface area contributed by atoms with Crippen LogP contribution in [0.5, 0.6) is 0 Å². The topological polar surface area (TPSA) is 43.9 Å². The lowest BCUT2D eigenvalue weighted by Crippen LogP contribution is -2.47. The van der Waals surface area contributed by atoms with Gasteiger partial charge in [0.1, 0.15) is 0 Å². The molecule has 0 unspecified atom stereocenters. The summed E-state index contributed by atoms with van der Waals surface area (Å²) >= 11 is 0. The van der Waals surface area contributed by atoms with Crippen LogP contribution in [0.1, 0.15) is 39.7 Å². The van der Waals surface area contributed by atoms with Crippen LogP contribution in [0.3, 0.4) is 0 Å². The maximum Gasteiger partial charge on any atom is 0.224 e. The van der Waals surface area contributed by atoms with E-state index in [1.54, 1.807) is 11.8 Å². The van der Waals surface area contributed by atoms with Crippen molar-refractivity contribution in [1.29, 1.82) is 0 Å². The maximum absolute atomic E-state index is 12.4. The summed E-state index contributed by atoms with van der Waals surface area (Å²) in [7, 11) is 2.07. The first kappa shape index (κ1) is 19.4. The second-order valence-electron chi connectivity index (χ2n) is 7.90.